The molecule has 4 rings (SSSR count). The van der Waals surface area contributed by atoms with Gasteiger partial charge in [0, 0.05) is 29.9 Å². The monoisotopic (exact) mass is 492 g/mol. The Morgan fingerprint density at radius 1 is 1.12 bits per heavy atom. The fourth-order valence-corrected chi connectivity index (χ4v) is 3.93. The number of alkyl halides is 3. The molecule has 1 aromatic heterocycles. The highest BCUT2D eigenvalue weighted by atomic mass is 35.5. The molecule has 11 heteroatoms. The number of amides is 1. The molecule has 34 heavy (non-hydrogen) atoms. The molecule has 1 fully saturated rings. The number of aromatic nitrogens is 2. The Bertz CT molecular complexity index is 1230. The lowest BCUT2D eigenvalue weighted by molar-refractivity contribution is -0.274. The third kappa shape index (κ3) is 5.88. The van der Waals surface area contributed by atoms with Crippen LogP contribution >= 0.6 is 11.6 Å². The fourth-order valence-electron chi connectivity index (χ4n) is 3.75. The molecule has 1 amide bonds. The minimum absolute atomic E-state index is 0.252. The average Bonchev–Trinajstić information content (AvgIpc) is 2.80. The highest BCUT2D eigenvalue weighted by Gasteiger charge is 2.31. The maximum absolute atomic E-state index is 12.8. The molecule has 1 saturated heterocycles. The molecule has 1 N–H and O–H groups in total. The zero-order valence-electron chi connectivity index (χ0n) is 17.8. The summed E-state index contributed by atoms with van der Waals surface area (Å²) in [7, 11) is 0. The van der Waals surface area contributed by atoms with E-state index in [1.165, 1.54) is 22.9 Å². The number of nitrogens with zero attached hydrogens (tertiary/aromatic N) is 3. The third-order valence-corrected chi connectivity index (χ3v) is 5.55. The standard InChI is InChI=1S/C23H20ClF3N4O3/c24-16-4-1-5-18(13-16)31-21(32)11-10-20(29-31)30-12-2-3-15(14-30)22(33)28-17-6-8-19(9-7-17)34-23(25,26)27/h1,4-11,13,15H,2-3,12,14H2,(H,28,33). The van der Waals surface area contributed by atoms with Gasteiger partial charge < -0.3 is 15.0 Å². The SMILES string of the molecule is O=C(Nc1ccc(OC(F)(F)F)cc1)C1CCCN(c2ccc(=O)n(-c3cccc(Cl)c3)n2)C1. The van der Waals surface area contributed by atoms with Crippen molar-refractivity contribution < 1.29 is 22.7 Å². The number of hydrogen-bond acceptors (Lipinski definition) is 5. The molecule has 0 saturated carbocycles. The van der Waals surface area contributed by atoms with E-state index in [0.717, 1.165) is 18.6 Å². The lowest BCUT2D eigenvalue weighted by Crippen LogP contribution is -2.41. The van der Waals surface area contributed by atoms with Crippen LogP contribution in [0.1, 0.15) is 12.8 Å². The second kappa shape index (κ2) is 9.76. The summed E-state index contributed by atoms with van der Waals surface area (Å²) in [6.45, 7) is 1.04. The Labute approximate surface area is 197 Å². The molecule has 1 unspecified atom stereocenters. The van der Waals surface area contributed by atoms with Crippen LogP contribution in [0.25, 0.3) is 5.69 Å². The molecule has 0 aliphatic carbocycles. The molecule has 0 bridgehead atoms. The molecule has 3 aromatic rings. The van der Waals surface area contributed by atoms with Crippen LogP contribution in [0.5, 0.6) is 5.75 Å². The largest absolute Gasteiger partial charge is 0.573 e. The number of ether oxygens (including phenoxy) is 1. The summed E-state index contributed by atoms with van der Waals surface area (Å²) in [5.41, 5.74) is 0.586. The first-order chi connectivity index (χ1) is 16.2. The summed E-state index contributed by atoms with van der Waals surface area (Å²) < 4.78 is 42.0. The van der Waals surface area contributed by atoms with Gasteiger partial charge in [0.1, 0.15) is 11.6 Å². The molecule has 7 nitrogen and oxygen atoms in total. The Balaban J connectivity index is 1.45. The molecule has 178 valence electrons. The molecule has 1 aliphatic heterocycles. The van der Waals surface area contributed by atoms with Crippen LogP contribution in [0.15, 0.2) is 65.5 Å². The van der Waals surface area contributed by atoms with Crippen molar-refractivity contribution in [2.45, 2.75) is 19.2 Å². The minimum Gasteiger partial charge on any atom is -0.406 e. The predicted molar refractivity (Wildman–Crippen MR) is 122 cm³/mol. The van der Waals surface area contributed by atoms with Gasteiger partial charge in [-0.05, 0) is 61.4 Å². The number of benzene rings is 2. The summed E-state index contributed by atoms with van der Waals surface area (Å²) in [4.78, 5) is 27.1. The maximum Gasteiger partial charge on any atom is 0.573 e. The summed E-state index contributed by atoms with van der Waals surface area (Å²) in [5.74, 6) is -0.438. The highest BCUT2D eigenvalue weighted by Crippen LogP contribution is 2.26. The van der Waals surface area contributed by atoms with E-state index in [0.29, 0.717) is 41.7 Å². The lowest BCUT2D eigenvalue weighted by atomic mass is 9.97. The van der Waals surface area contributed by atoms with Crippen LogP contribution in [0.3, 0.4) is 0 Å². The smallest absolute Gasteiger partial charge is 0.406 e. The summed E-state index contributed by atoms with van der Waals surface area (Å²) in [5, 5.41) is 7.67. The maximum atomic E-state index is 12.8. The lowest BCUT2D eigenvalue weighted by Gasteiger charge is -2.33. The van der Waals surface area contributed by atoms with Gasteiger partial charge in [0.2, 0.25) is 5.91 Å². The van der Waals surface area contributed by atoms with Gasteiger partial charge in [-0.25, -0.2) is 0 Å². The first kappa shape index (κ1) is 23.6. The van der Waals surface area contributed by atoms with Crippen molar-refractivity contribution in [1.82, 2.24) is 9.78 Å². The Morgan fingerprint density at radius 3 is 2.59 bits per heavy atom. The van der Waals surface area contributed by atoms with Gasteiger partial charge in [0.05, 0.1) is 11.6 Å². The second-order valence-corrected chi connectivity index (χ2v) is 8.20. The van der Waals surface area contributed by atoms with E-state index < -0.39 is 6.36 Å². The van der Waals surface area contributed by atoms with Crippen LogP contribution < -0.4 is 20.5 Å². The van der Waals surface area contributed by atoms with Gasteiger partial charge in [0.25, 0.3) is 5.56 Å². The van der Waals surface area contributed by atoms with Crippen molar-refractivity contribution in [3.8, 4) is 11.4 Å². The van der Waals surface area contributed by atoms with Gasteiger partial charge in [-0.2, -0.15) is 4.68 Å². The number of piperidine rings is 1. The predicted octanol–water partition coefficient (Wildman–Crippen LogP) is 4.64. The third-order valence-electron chi connectivity index (χ3n) is 5.31. The van der Waals surface area contributed by atoms with Crippen molar-refractivity contribution >= 4 is 29.0 Å². The van der Waals surface area contributed by atoms with Crippen LogP contribution in [0.2, 0.25) is 5.02 Å². The molecular weight excluding hydrogens is 473 g/mol. The zero-order chi connectivity index (χ0) is 24.3. The minimum atomic E-state index is -4.78. The van der Waals surface area contributed by atoms with Crippen LogP contribution in [-0.2, 0) is 4.79 Å². The Kier molecular flexibility index (Phi) is 6.78. The molecule has 2 aromatic carbocycles. The van der Waals surface area contributed by atoms with E-state index in [1.54, 1.807) is 30.3 Å². The number of halogens is 4. The number of anilines is 2. The van der Waals surface area contributed by atoms with Crippen LogP contribution in [0, 0.1) is 5.92 Å². The first-order valence-corrected chi connectivity index (χ1v) is 10.8. The van der Waals surface area contributed by atoms with Crippen LogP contribution in [-0.4, -0.2) is 35.1 Å². The number of hydrogen-bond donors (Lipinski definition) is 1. The van der Waals surface area contributed by atoms with Gasteiger partial charge in [0.15, 0.2) is 0 Å². The van der Waals surface area contributed by atoms with E-state index in [1.807, 2.05) is 4.90 Å². The van der Waals surface area contributed by atoms with Gasteiger partial charge in [-0.15, -0.1) is 18.3 Å². The van der Waals surface area contributed by atoms with Crippen molar-refractivity contribution in [2.24, 2.45) is 5.92 Å². The van der Waals surface area contributed by atoms with E-state index in [2.05, 4.69) is 15.2 Å². The Morgan fingerprint density at radius 2 is 1.88 bits per heavy atom. The highest BCUT2D eigenvalue weighted by molar-refractivity contribution is 6.30. The number of nitrogens with one attached hydrogen (secondary N) is 1. The van der Waals surface area contributed by atoms with Crippen molar-refractivity contribution in [1.29, 1.82) is 0 Å². The molecule has 0 spiro atoms. The quantitative estimate of drug-likeness (QED) is 0.561. The van der Waals surface area contributed by atoms with Gasteiger partial charge in [-0.1, -0.05) is 17.7 Å². The second-order valence-electron chi connectivity index (χ2n) is 7.77. The summed E-state index contributed by atoms with van der Waals surface area (Å²) in [6, 6.07) is 14.8. The number of rotatable bonds is 5. The van der Waals surface area contributed by atoms with E-state index in [4.69, 9.17) is 11.6 Å². The van der Waals surface area contributed by atoms with Crippen molar-refractivity contribution in [3.63, 3.8) is 0 Å². The molecular formula is C23H20ClF3N4O3. The number of carbonyl (C=O) groups excluding carboxylic acids is 1. The van der Waals surface area contributed by atoms with E-state index in [9.17, 15) is 22.8 Å². The van der Waals surface area contributed by atoms with Crippen molar-refractivity contribution in [2.75, 3.05) is 23.3 Å². The normalized spacial score (nSPS) is 16.2. The van der Waals surface area contributed by atoms with E-state index >= 15 is 0 Å². The summed E-state index contributed by atoms with van der Waals surface area (Å²) in [6.07, 6.45) is -3.40. The average molecular weight is 493 g/mol. The zero-order valence-corrected chi connectivity index (χ0v) is 18.5. The molecule has 1 atom stereocenters. The van der Waals surface area contributed by atoms with E-state index in [-0.39, 0.29) is 23.1 Å². The molecule has 2 heterocycles. The molecule has 1 aliphatic rings. The van der Waals surface area contributed by atoms with Crippen LogP contribution in [0.4, 0.5) is 24.7 Å². The van der Waals surface area contributed by atoms with Crippen molar-refractivity contribution in [3.05, 3.63) is 76.0 Å². The molecule has 0 radical (unpaired) electrons. The Hall–Kier alpha value is -3.53. The van der Waals surface area contributed by atoms with Gasteiger partial charge >= 0.3 is 6.36 Å². The van der Waals surface area contributed by atoms with Gasteiger partial charge in [-0.3, -0.25) is 9.59 Å². The topological polar surface area (TPSA) is 76.5 Å². The summed E-state index contributed by atoms with van der Waals surface area (Å²) >= 11 is 6.04. The number of carbonyl (C=O) groups is 1. The fraction of sp³-hybridized carbons (Fsp3) is 0.261. The first-order valence-electron chi connectivity index (χ1n) is 10.5.